The number of anilines is 1. The van der Waals surface area contributed by atoms with Gasteiger partial charge in [0.15, 0.2) is 5.65 Å². The number of carbonyl (C=O) groups excluding carboxylic acids is 1. The summed E-state index contributed by atoms with van der Waals surface area (Å²) in [4.78, 5) is 28.4. The van der Waals surface area contributed by atoms with Crippen LogP contribution in [0.25, 0.3) is 5.65 Å². The molecule has 3 rings (SSSR count). The van der Waals surface area contributed by atoms with E-state index in [0.29, 0.717) is 16.9 Å². The SMILES string of the molecule is Cc1cc(=O)n2[nH]cc(C(=O)Nc3ccccc3C#N)c2n1. The van der Waals surface area contributed by atoms with Crippen LogP contribution in [0.1, 0.15) is 21.6 Å². The summed E-state index contributed by atoms with van der Waals surface area (Å²) in [5.41, 5.74) is 1.47. The molecule has 0 bridgehead atoms. The molecule has 108 valence electrons. The van der Waals surface area contributed by atoms with Crippen LogP contribution in [-0.2, 0) is 0 Å². The van der Waals surface area contributed by atoms with Crippen molar-refractivity contribution in [1.29, 1.82) is 5.26 Å². The number of amides is 1. The topological polar surface area (TPSA) is 103 Å². The standard InChI is InChI=1S/C15H11N5O2/c1-9-6-13(21)20-14(18-9)11(8-17-20)15(22)19-12-5-3-2-4-10(12)7-16/h2-6,8,17H,1H3,(H,19,22). The Bertz CT molecular complexity index is 977. The van der Waals surface area contributed by atoms with Crippen LogP contribution >= 0.6 is 0 Å². The van der Waals surface area contributed by atoms with E-state index in [1.54, 1.807) is 31.2 Å². The van der Waals surface area contributed by atoms with Crippen molar-refractivity contribution in [3.63, 3.8) is 0 Å². The smallest absolute Gasteiger partial charge is 0.272 e. The fourth-order valence-corrected chi connectivity index (χ4v) is 2.14. The number of fused-ring (bicyclic) bond motifs is 1. The second-order valence-corrected chi connectivity index (χ2v) is 4.69. The lowest BCUT2D eigenvalue weighted by Crippen LogP contribution is -2.17. The van der Waals surface area contributed by atoms with Crippen molar-refractivity contribution in [3.05, 3.63) is 63.7 Å². The molecule has 3 aromatic rings. The Morgan fingerprint density at radius 1 is 1.41 bits per heavy atom. The third kappa shape index (κ3) is 2.23. The fourth-order valence-electron chi connectivity index (χ4n) is 2.14. The molecule has 0 atom stereocenters. The van der Waals surface area contributed by atoms with E-state index >= 15 is 0 Å². The first-order valence-electron chi connectivity index (χ1n) is 6.48. The van der Waals surface area contributed by atoms with Crippen LogP contribution in [-0.4, -0.2) is 20.5 Å². The number of rotatable bonds is 2. The van der Waals surface area contributed by atoms with Crippen molar-refractivity contribution < 1.29 is 4.79 Å². The molecule has 7 heteroatoms. The summed E-state index contributed by atoms with van der Waals surface area (Å²) in [6.07, 6.45) is 1.41. The van der Waals surface area contributed by atoms with Crippen LogP contribution in [0.5, 0.6) is 0 Å². The van der Waals surface area contributed by atoms with Crippen molar-refractivity contribution >= 4 is 17.2 Å². The van der Waals surface area contributed by atoms with E-state index in [-0.39, 0.29) is 16.8 Å². The molecule has 0 saturated heterocycles. The van der Waals surface area contributed by atoms with Gasteiger partial charge in [-0.05, 0) is 19.1 Å². The maximum Gasteiger partial charge on any atom is 0.272 e. The van der Waals surface area contributed by atoms with Gasteiger partial charge < -0.3 is 5.32 Å². The molecule has 7 nitrogen and oxygen atoms in total. The highest BCUT2D eigenvalue weighted by molar-refractivity contribution is 6.08. The minimum atomic E-state index is -0.445. The Hall–Kier alpha value is -3.40. The van der Waals surface area contributed by atoms with Gasteiger partial charge in [0, 0.05) is 18.0 Å². The van der Waals surface area contributed by atoms with Gasteiger partial charge in [0.05, 0.1) is 11.3 Å². The number of benzene rings is 1. The van der Waals surface area contributed by atoms with Gasteiger partial charge in [-0.2, -0.15) is 5.26 Å². The highest BCUT2D eigenvalue weighted by Crippen LogP contribution is 2.16. The molecule has 22 heavy (non-hydrogen) atoms. The van der Waals surface area contributed by atoms with Crippen LogP contribution < -0.4 is 10.9 Å². The lowest BCUT2D eigenvalue weighted by atomic mass is 10.2. The number of carbonyl (C=O) groups is 1. The Kier molecular flexibility index (Phi) is 3.20. The first kappa shape index (κ1) is 13.6. The number of aryl methyl sites for hydroxylation is 1. The molecule has 0 aliphatic rings. The van der Waals surface area contributed by atoms with E-state index < -0.39 is 5.91 Å². The van der Waals surface area contributed by atoms with Crippen LogP contribution in [0, 0.1) is 18.3 Å². The number of aromatic nitrogens is 3. The number of H-pyrrole nitrogens is 1. The van der Waals surface area contributed by atoms with E-state index in [0.717, 1.165) is 0 Å². The molecule has 0 radical (unpaired) electrons. The molecule has 2 heterocycles. The zero-order chi connectivity index (χ0) is 15.7. The molecule has 0 spiro atoms. The molecular formula is C15H11N5O2. The molecular weight excluding hydrogens is 282 g/mol. The van der Waals surface area contributed by atoms with Gasteiger partial charge in [0.1, 0.15) is 11.6 Å². The molecule has 0 saturated carbocycles. The number of nitrogens with zero attached hydrogens (tertiary/aromatic N) is 3. The van der Waals surface area contributed by atoms with Crippen LogP contribution in [0.15, 0.2) is 41.3 Å². The van der Waals surface area contributed by atoms with Crippen LogP contribution in [0.2, 0.25) is 0 Å². The van der Waals surface area contributed by atoms with E-state index in [2.05, 4.69) is 15.4 Å². The maximum absolute atomic E-state index is 12.4. The van der Waals surface area contributed by atoms with E-state index in [4.69, 9.17) is 5.26 Å². The van der Waals surface area contributed by atoms with Crippen molar-refractivity contribution in [2.45, 2.75) is 6.92 Å². The summed E-state index contributed by atoms with van der Waals surface area (Å²) in [5.74, 6) is -0.445. The van der Waals surface area contributed by atoms with Gasteiger partial charge in [0.25, 0.3) is 11.5 Å². The normalized spacial score (nSPS) is 10.4. The molecule has 2 N–H and O–H groups in total. The summed E-state index contributed by atoms with van der Waals surface area (Å²) in [6, 6.07) is 10.1. The Morgan fingerprint density at radius 3 is 2.95 bits per heavy atom. The minimum absolute atomic E-state index is 0.230. The van der Waals surface area contributed by atoms with Gasteiger partial charge in [-0.25, -0.2) is 9.50 Å². The summed E-state index contributed by atoms with van der Waals surface area (Å²) in [5, 5.41) is 14.4. The molecule has 2 aromatic heterocycles. The summed E-state index contributed by atoms with van der Waals surface area (Å²) >= 11 is 0. The second kappa shape index (κ2) is 5.18. The highest BCUT2D eigenvalue weighted by atomic mass is 16.2. The average Bonchev–Trinajstić information content (AvgIpc) is 2.92. The van der Waals surface area contributed by atoms with Crippen LogP contribution in [0.4, 0.5) is 5.69 Å². The minimum Gasteiger partial charge on any atom is -0.321 e. The predicted octanol–water partition coefficient (Wildman–Crippen LogP) is 1.45. The quantitative estimate of drug-likeness (QED) is 0.746. The van der Waals surface area contributed by atoms with Gasteiger partial charge in [-0.1, -0.05) is 12.1 Å². The summed E-state index contributed by atoms with van der Waals surface area (Å²) < 4.78 is 1.19. The Labute approximate surface area is 124 Å². The van der Waals surface area contributed by atoms with Crippen molar-refractivity contribution in [3.8, 4) is 6.07 Å². The number of nitrogens with one attached hydrogen (secondary N) is 2. The third-order valence-electron chi connectivity index (χ3n) is 3.17. The number of hydrogen-bond donors (Lipinski definition) is 2. The van der Waals surface area contributed by atoms with Crippen molar-refractivity contribution in [2.24, 2.45) is 0 Å². The second-order valence-electron chi connectivity index (χ2n) is 4.69. The van der Waals surface area contributed by atoms with Gasteiger partial charge >= 0.3 is 0 Å². The van der Waals surface area contributed by atoms with Crippen LogP contribution in [0.3, 0.4) is 0 Å². The molecule has 0 fully saturated rings. The van der Waals surface area contributed by atoms with Gasteiger partial charge in [0.2, 0.25) is 0 Å². The van der Waals surface area contributed by atoms with Gasteiger partial charge in [-0.15, -0.1) is 0 Å². The third-order valence-corrected chi connectivity index (χ3v) is 3.17. The number of para-hydroxylation sites is 1. The number of aromatic amines is 1. The van der Waals surface area contributed by atoms with E-state index in [1.807, 2.05) is 6.07 Å². The molecule has 0 aliphatic heterocycles. The highest BCUT2D eigenvalue weighted by Gasteiger charge is 2.16. The lowest BCUT2D eigenvalue weighted by molar-refractivity contribution is 0.102. The fraction of sp³-hybridized carbons (Fsp3) is 0.0667. The zero-order valence-electron chi connectivity index (χ0n) is 11.6. The lowest BCUT2D eigenvalue weighted by Gasteiger charge is -2.05. The molecule has 1 aromatic carbocycles. The summed E-state index contributed by atoms with van der Waals surface area (Å²) in [6.45, 7) is 1.68. The Balaban J connectivity index is 2.03. The molecule has 0 unspecified atom stereocenters. The maximum atomic E-state index is 12.4. The monoisotopic (exact) mass is 293 g/mol. The van der Waals surface area contributed by atoms with E-state index in [9.17, 15) is 9.59 Å². The summed E-state index contributed by atoms with van der Waals surface area (Å²) in [7, 11) is 0. The molecule has 0 aliphatic carbocycles. The average molecular weight is 293 g/mol. The first-order chi connectivity index (χ1) is 10.6. The van der Waals surface area contributed by atoms with E-state index in [1.165, 1.54) is 16.8 Å². The van der Waals surface area contributed by atoms with Crippen molar-refractivity contribution in [2.75, 3.05) is 5.32 Å². The largest absolute Gasteiger partial charge is 0.321 e. The number of hydrogen-bond acceptors (Lipinski definition) is 4. The molecule has 1 amide bonds. The van der Waals surface area contributed by atoms with Gasteiger partial charge in [-0.3, -0.25) is 14.7 Å². The number of nitriles is 1. The zero-order valence-corrected chi connectivity index (χ0v) is 11.6. The Morgan fingerprint density at radius 2 is 2.18 bits per heavy atom. The first-order valence-corrected chi connectivity index (χ1v) is 6.48. The predicted molar refractivity (Wildman–Crippen MR) is 79.7 cm³/mol. The van der Waals surface area contributed by atoms with Crippen molar-refractivity contribution in [1.82, 2.24) is 14.6 Å².